The molecule has 1 aliphatic rings. The fourth-order valence-electron chi connectivity index (χ4n) is 1.66. The van der Waals surface area contributed by atoms with Crippen molar-refractivity contribution in [2.45, 2.75) is 12.8 Å². The number of fused-ring (bicyclic) bond motifs is 1. The lowest BCUT2D eigenvalue weighted by Crippen LogP contribution is -1.84. The van der Waals surface area contributed by atoms with Crippen molar-refractivity contribution >= 4 is 21.5 Å². The highest BCUT2D eigenvalue weighted by molar-refractivity contribution is 9.10. The van der Waals surface area contributed by atoms with E-state index in [-0.39, 0.29) is 0 Å². The molecule has 62 valence electrons. The Morgan fingerprint density at radius 1 is 1.33 bits per heavy atom. The molecule has 0 fully saturated rings. The molecular formula is C10H10BrN. The summed E-state index contributed by atoms with van der Waals surface area (Å²) in [6.07, 6.45) is 3.93. The van der Waals surface area contributed by atoms with Gasteiger partial charge in [-0.2, -0.15) is 0 Å². The Kier molecular flexibility index (Phi) is 1.93. The third-order valence-corrected chi connectivity index (χ3v) is 2.77. The number of hydrogen-bond acceptors (Lipinski definition) is 1. The van der Waals surface area contributed by atoms with Gasteiger partial charge in [-0.3, -0.25) is 0 Å². The van der Waals surface area contributed by atoms with E-state index in [0.29, 0.717) is 0 Å². The number of allylic oxidation sites excluding steroid dienone is 1. The molecule has 2 rings (SSSR count). The normalized spacial score (nSPS) is 18.2. The van der Waals surface area contributed by atoms with E-state index in [1.807, 2.05) is 0 Å². The summed E-state index contributed by atoms with van der Waals surface area (Å²) in [5.41, 5.74) is 9.51. The lowest BCUT2D eigenvalue weighted by atomic mass is 10.1. The smallest absolute Gasteiger partial charge is 0.0178 e. The Morgan fingerprint density at radius 3 is 2.92 bits per heavy atom. The lowest BCUT2D eigenvalue weighted by Gasteiger charge is -1.99. The second kappa shape index (κ2) is 2.94. The zero-order valence-corrected chi connectivity index (χ0v) is 8.26. The first-order chi connectivity index (χ1) is 5.81. The molecule has 0 saturated carbocycles. The predicted octanol–water partition coefficient (Wildman–Crippen LogP) is 2.69. The fraction of sp³-hybridized carbons (Fsp3) is 0.200. The first kappa shape index (κ1) is 7.87. The van der Waals surface area contributed by atoms with E-state index in [9.17, 15) is 0 Å². The quantitative estimate of drug-likeness (QED) is 0.720. The van der Waals surface area contributed by atoms with Crippen molar-refractivity contribution in [2.24, 2.45) is 5.73 Å². The third-order valence-electron chi connectivity index (χ3n) is 2.28. The molecule has 2 heteroatoms. The van der Waals surface area contributed by atoms with E-state index in [2.05, 4.69) is 34.1 Å². The predicted molar refractivity (Wildman–Crippen MR) is 54.6 cm³/mol. The van der Waals surface area contributed by atoms with Gasteiger partial charge >= 0.3 is 0 Å². The minimum atomic E-state index is 1.09. The van der Waals surface area contributed by atoms with Gasteiger partial charge in [-0.05, 0) is 47.9 Å². The van der Waals surface area contributed by atoms with Crippen LogP contribution in [-0.4, -0.2) is 0 Å². The fourth-order valence-corrected chi connectivity index (χ4v) is 2.07. The Bertz CT molecular complexity index is 342. The summed E-state index contributed by atoms with van der Waals surface area (Å²) in [4.78, 5) is 0. The molecule has 0 unspecified atom stereocenters. The maximum absolute atomic E-state index is 5.51. The van der Waals surface area contributed by atoms with E-state index >= 15 is 0 Å². The highest BCUT2D eigenvalue weighted by Crippen LogP contribution is 2.32. The zero-order chi connectivity index (χ0) is 8.55. The molecule has 0 amide bonds. The number of aryl methyl sites for hydroxylation is 1. The van der Waals surface area contributed by atoms with E-state index in [1.54, 1.807) is 6.20 Å². The molecule has 0 bridgehead atoms. The van der Waals surface area contributed by atoms with Gasteiger partial charge in [-0.1, -0.05) is 22.0 Å². The number of nitrogens with two attached hydrogens (primary N) is 1. The van der Waals surface area contributed by atoms with Crippen molar-refractivity contribution in [1.82, 2.24) is 0 Å². The Hall–Kier alpha value is -0.760. The summed E-state index contributed by atoms with van der Waals surface area (Å²) < 4.78 is 1.15. The van der Waals surface area contributed by atoms with Crippen LogP contribution < -0.4 is 5.73 Å². The molecule has 0 aromatic heterocycles. The molecule has 1 aliphatic carbocycles. The van der Waals surface area contributed by atoms with Gasteiger partial charge < -0.3 is 5.73 Å². The first-order valence-corrected chi connectivity index (χ1v) is 4.80. The van der Waals surface area contributed by atoms with Gasteiger partial charge in [0.15, 0.2) is 0 Å². The van der Waals surface area contributed by atoms with Crippen LogP contribution in [0.15, 0.2) is 28.9 Å². The van der Waals surface area contributed by atoms with E-state index in [0.717, 1.165) is 17.3 Å². The summed E-state index contributed by atoms with van der Waals surface area (Å²) >= 11 is 3.46. The van der Waals surface area contributed by atoms with Crippen molar-refractivity contribution in [3.05, 3.63) is 40.0 Å². The third kappa shape index (κ3) is 1.16. The minimum Gasteiger partial charge on any atom is -0.404 e. The Labute approximate surface area is 80.4 Å². The molecule has 1 aromatic rings. The van der Waals surface area contributed by atoms with E-state index < -0.39 is 0 Å². The highest BCUT2D eigenvalue weighted by atomic mass is 79.9. The number of hydrogen-bond donors (Lipinski definition) is 1. The largest absolute Gasteiger partial charge is 0.404 e. The van der Waals surface area contributed by atoms with E-state index in [4.69, 9.17) is 5.73 Å². The molecule has 1 nitrogen and oxygen atoms in total. The molecule has 1 aromatic carbocycles. The lowest BCUT2D eigenvalue weighted by molar-refractivity contribution is 1.08. The van der Waals surface area contributed by atoms with Crippen LogP contribution in [0.2, 0.25) is 0 Å². The maximum Gasteiger partial charge on any atom is 0.0178 e. The van der Waals surface area contributed by atoms with Gasteiger partial charge in [0, 0.05) is 4.47 Å². The van der Waals surface area contributed by atoms with Gasteiger partial charge in [0.25, 0.3) is 0 Å². The summed E-state index contributed by atoms with van der Waals surface area (Å²) in [5.74, 6) is 0. The van der Waals surface area contributed by atoms with Crippen LogP contribution in [0, 0.1) is 0 Å². The van der Waals surface area contributed by atoms with Crippen LogP contribution in [0.5, 0.6) is 0 Å². The maximum atomic E-state index is 5.51. The molecule has 0 atom stereocenters. The molecule has 0 aliphatic heterocycles. The average molecular weight is 224 g/mol. The van der Waals surface area contributed by atoms with Gasteiger partial charge in [-0.25, -0.2) is 0 Å². The average Bonchev–Trinajstić information content (AvgIpc) is 2.46. The topological polar surface area (TPSA) is 26.0 Å². The second-order valence-corrected chi connectivity index (χ2v) is 3.91. The summed E-state index contributed by atoms with van der Waals surface area (Å²) in [7, 11) is 0. The Morgan fingerprint density at radius 2 is 2.17 bits per heavy atom. The zero-order valence-electron chi connectivity index (χ0n) is 6.68. The molecule has 0 radical (unpaired) electrons. The van der Waals surface area contributed by atoms with Crippen molar-refractivity contribution < 1.29 is 0 Å². The molecule has 2 N–H and O–H groups in total. The van der Waals surface area contributed by atoms with Crippen LogP contribution in [0.3, 0.4) is 0 Å². The SMILES string of the molecule is NC=C1CCc2cc(Br)ccc21. The number of halogens is 1. The van der Waals surface area contributed by atoms with Gasteiger partial charge in [0.05, 0.1) is 0 Å². The van der Waals surface area contributed by atoms with Crippen LogP contribution >= 0.6 is 15.9 Å². The van der Waals surface area contributed by atoms with Crippen LogP contribution in [0.4, 0.5) is 0 Å². The standard InChI is InChI=1S/C10H10BrN/c11-9-3-4-10-7(5-9)1-2-8(10)6-12/h3-6H,1-2,12H2. The van der Waals surface area contributed by atoms with Crippen molar-refractivity contribution in [3.8, 4) is 0 Å². The van der Waals surface area contributed by atoms with Crippen LogP contribution in [-0.2, 0) is 6.42 Å². The molecule has 0 heterocycles. The molecular weight excluding hydrogens is 214 g/mol. The summed E-state index contributed by atoms with van der Waals surface area (Å²) in [5, 5.41) is 0. The van der Waals surface area contributed by atoms with Crippen molar-refractivity contribution in [1.29, 1.82) is 0 Å². The van der Waals surface area contributed by atoms with Gasteiger partial charge in [0.2, 0.25) is 0 Å². The van der Waals surface area contributed by atoms with Gasteiger partial charge in [-0.15, -0.1) is 0 Å². The molecule has 0 saturated heterocycles. The summed E-state index contributed by atoms with van der Waals surface area (Å²) in [6, 6.07) is 6.37. The number of benzene rings is 1. The summed E-state index contributed by atoms with van der Waals surface area (Å²) in [6.45, 7) is 0. The monoisotopic (exact) mass is 223 g/mol. The van der Waals surface area contributed by atoms with Crippen LogP contribution in [0.25, 0.3) is 5.57 Å². The first-order valence-electron chi connectivity index (χ1n) is 4.01. The van der Waals surface area contributed by atoms with Gasteiger partial charge in [0.1, 0.15) is 0 Å². The number of rotatable bonds is 0. The van der Waals surface area contributed by atoms with Crippen molar-refractivity contribution in [3.63, 3.8) is 0 Å². The van der Waals surface area contributed by atoms with Crippen LogP contribution in [0.1, 0.15) is 17.5 Å². The van der Waals surface area contributed by atoms with E-state index in [1.165, 1.54) is 16.7 Å². The Balaban J connectivity index is 2.55. The minimum absolute atomic E-state index is 1.09. The van der Waals surface area contributed by atoms with Crippen molar-refractivity contribution in [2.75, 3.05) is 0 Å². The second-order valence-electron chi connectivity index (χ2n) is 2.99. The molecule has 12 heavy (non-hydrogen) atoms. The highest BCUT2D eigenvalue weighted by Gasteiger charge is 2.14. The molecule has 0 spiro atoms.